The number of nitrogens with two attached hydrogens (primary N) is 1. The van der Waals surface area contributed by atoms with Crippen LogP contribution in [0.15, 0.2) is 18.2 Å². The summed E-state index contributed by atoms with van der Waals surface area (Å²) in [7, 11) is 0. The van der Waals surface area contributed by atoms with Gasteiger partial charge in [-0.25, -0.2) is 0 Å². The molecule has 2 rings (SSSR count). The smallest absolute Gasteiger partial charge is 0.106 e. The van der Waals surface area contributed by atoms with E-state index in [4.69, 9.17) is 18.0 Å². The van der Waals surface area contributed by atoms with Gasteiger partial charge in [-0.1, -0.05) is 37.2 Å². The van der Waals surface area contributed by atoms with Gasteiger partial charge in [-0.15, -0.1) is 0 Å². The molecule has 1 aromatic rings. The molecule has 1 fully saturated rings. The van der Waals surface area contributed by atoms with Crippen molar-refractivity contribution in [2.45, 2.75) is 52.0 Å². The number of hydrogen-bond donors (Lipinski definition) is 1. The highest BCUT2D eigenvalue weighted by molar-refractivity contribution is 7.80. The molecular formula is C16H24N2S. The average Bonchev–Trinajstić information content (AvgIpc) is 2.40. The molecule has 1 aliphatic rings. The van der Waals surface area contributed by atoms with E-state index >= 15 is 0 Å². The number of benzene rings is 1. The molecule has 0 saturated carbocycles. The van der Waals surface area contributed by atoms with Gasteiger partial charge in [0.1, 0.15) is 4.99 Å². The third-order valence-corrected chi connectivity index (χ3v) is 4.20. The Morgan fingerprint density at radius 2 is 2.21 bits per heavy atom. The fourth-order valence-corrected chi connectivity index (χ4v) is 3.21. The van der Waals surface area contributed by atoms with Gasteiger partial charge in [-0.2, -0.15) is 0 Å². The van der Waals surface area contributed by atoms with Crippen LogP contribution >= 0.6 is 12.2 Å². The first-order valence-corrected chi connectivity index (χ1v) is 7.71. The first-order valence-electron chi connectivity index (χ1n) is 7.30. The maximum absolute atomic E-state index is 5.91. The van der Waals surface area contributed by atoms with E-state index in [1.165, 1.54) is 43.4 Å². The molecule has 0 spiro atoms. The van der Waals surface area contributed by atoms with E-state index in [9.17, 15) is 0 Å². The highest BCUT2D eigenvalue weighted by atomic mass is 32.1. The highest BCUT2D eigenvalue weighted by Crippen LogP contribution is 2.30. The predicted molar refractivity (Wildman–Crippen MR) is 87.0 cm³/mol. The minimum atomic E-state index is 0.513. The largest absolute Gasteiger partial charge is 0.389 e. The Labute approximate surface area is 122 Å². The summed E-state index contributed by atoms with van der Waals surface area (Å²) in [4.78, 5) is 3.04. The average molecular weight is 276 g/mol. The zero-order valence-electron chi connectivity index (χ0n) is 12.0. The van der Waals surface area contributed by atoms with Crippen LogP contribution in [0.4, 0.5) is 5.69 Å². The van der Waals surface area contributed by atoms with Crippen molar-refractivity contribution in [3.8, 4) is 0 Å². The van der Waals surface area contributed by atoms with Gasteiger partial charge in [-0.05, 0) is 44.7 Å². The van der Waals surface area contributed by atoms with Crippen molar-refractivity contribution in [1.82, 2.24) is 0 Å². The van der Waals surface area contributed by atoms with Gasteiger partial charge in [0.2, 0.25) is 0 Å². The molecule has 104 valence electrons. The standard InChI is InChI=1S/C16H24N2S/c1-3-6-13-7-4-5-10-18(13)15-9-8-12(2)11-14(15)16(17)19/h8-9,11,13H,3-7,10H2,1-2H3,(H2,17,19). The summed E-state index contributed by atoms with van der Waals surface area (Å²) < 4.78 is 0. The minimum absolute atomic E-state index is 0.513. The Morgan fingerprint density at radius 1 is 1.42 bits per heavy atom. The molecule has 1 unspecified atom stereocenters. The molecular weight excluding hydrogens is 252 g/mol. The van der Waals surface area contributed by atoms with Crippen LogP contribution in [-0.4, -0.2) is 17.6 Å². The second kappa shape index (κ2) is 6.38. The second-order valence-electron chi connectivity index (χ2n) is 5.52. The summed E-state index contributed by atoms with van der Waals surface area (Å²) in [6, 6.07) is 7.12. The third kappa shape index (κ3) is 3.27. The van der Waals surface area contributed by atoms with E-state index in [2.05, 4.69) is 36.9 Å². The molecule has 1 aliphatic heterocycles. The molecule has 0 aliphatic carbocycles. The van der Waals surface area contributed by atoms with Crippen LogP contribution in [0.5, 0.6) is 0 Å². The van der Waals surface area contributed by atoms with Crippen LogP contribution in [0, 0.1) is 6.92 Å². The number of nitrogens with zero attached hydrogens (tertiary/aromatic N) is 1. The number of hydrogen-bond acceptors (Lipinski definition) is 2. The topological polar surface area (TPSA) is 29.3 Å². The van der Waals surface area contributed by atoms with E-state index in [1.807, 2.05) is 0 Å². The van der Waals surface area contributed by atoms with Crippen molar-refractivity contribution >= 4 is 22.9 Å². The van der Waals surface area contributed by atoms with Crippen molar-refractivity contribution in [2.75, 3.05) is 11.4 Å². The molecule has 1 saturated heterocycles. The quantitative estimate of drug-likeness (QED) is 0.848. The Bertz CT molecular complexity index is 454. The van der Waals surface area contributed by atoms with Gasteiger partial charge in [0.15, 0.2) is 0 Å². The Balaban J connectivity index is 2.35. The monoisotopic (exact) mass is 276 g/mol. The molecule has 19 heavy (non-hydrogen) atoms. The highest BCUT2D eigenvalue weighted by Gasteiger charge is 2.24. The summed E-state index contributed by atoms with van der Waals surface area (Å²) in [5, 5.41) is 0. The summed E-state index contributed by atoms with van der Waals surface area (Å²) in [6.07, 6.45) is 6.39. The van der Waals surface area contributed by atoms with Crippen molar-refractivity contribution < 1.29 is 0 Å². The van der Waals surface area contributed by atoms with Crippen molar-refractivity contribution in [2.24, 2.45) is 5.73 Å². The molecule has 0 amide bonds. The zero-order chi connectivity index (χ0) is 13.8. The van der Waals surface area contributed by atoms with Crippen molar-refractivity contribution in [3.63, 3.8) is 0 Å². The lowest BCUT2D eigenvalue weighted by molar-refractivity contribution is 0.434. The number of piperidine rings is 1. The summed E-state index contributed by atoms with van der Waals surface area (Å²) in [5.41, 5.74) is 9.40. The number of thiocarbonyl (C=S) groups is 1. The molecule has 0 aromatic heterocycles. The van der Waals surface area contributed by atoms with E-state index in [0.29, 0.717) is 11.0 Å². The Hall–Kier alpha value is -1.09. The lowest BCUT2D eigenvalue weighted by Crippen LogP contribution is -2.40. The zero-order valence-corrected chi connectivity index (χ0v) is 12.8. The fourth-order valence-electron chi connectivity index (χ4n) is 3.05. The van der Waals surface area contributed by atoms with Gasteiger partial charge in [0, 0.05) is 23.8 Å². The summed E-state index contributed by atoms with van der Waals surface area (Å²) in [5.74, 6) is 0. The maximum Gasteiger partial charge on any atom is 0.106 e. The van der Waals surface area contributed by atoms with E-state index in [0.717, 1.165) is 12.1 Å². The van der Waals surface area contributed by atoms with Gasteiger partial charge in [-0.3, -0.25) is 0 Å². The van der Waals surface area contributed by atoms with Gasteiger partial charge < -0.3 is 10.6 Å². The second-order valence-corrected chi connectivity index (χ2v) is 5.96. The molecule has 1 atom stereocenters. The molecule has 1 heterocycles. The van der Waals surface area contributed by atoms with Crippen LogP contribution in [0.2, 0.25) is 0 Å². The molecule has 2 nitrogen and oxygen atoms in total. The van der Waals surface area contributed by atoms with E-state index < -0.39 is 0 Å². The van der Waals surface area contributed by atoms with Crippen molar-refractivity contribution in [3.05, 3.63) is 29.3 Å². The first-order chi connectivity index (χ1) is 9.13. The molecule has 1 aromatic carbocycles. The lowest BCUT2D eigenvalue weighted by atomic mass is 9.96. The number of anilines is 1. The van der Waals surface area contributed by atoms with Crippen molar-refractivity contribution in [1.29, 1.82) is 0 Å². The molecule has 2 N–H and O–H groups in total. The van der Waals surface area contributed by atoms with Crippen LogP contribution in [-0.2, 0) is 0 Å². The van der Waals surface area contributed by atoms with Gasteiger partial charge >= 0.3 is 0 Å². The predicted octanol–water partition coefficient (Wildman–Crippen LogP) is 3.79. The SMILES string of the molecule is CCCC1CCCCN1c1ccc(C)cc1C(N)=S. The van der Waals surface area contributed by atoms with E-state index in [1.54, 1.807) is 0 Å². The molecule has 0 radical (unpaired) electrons. The third-order valence-electron chi connectivity index (χ3n) is 3.98. The van der Waals surface area contributed by atoms with Crippen LogP contribution < -0.4 is 10.6 Å². The Kier molecular flexibility index (Phi) is 4.81. The first kappa shape index (κ1) is 14.3. The minimum Gasteiger partial charge on any atom is -0.389 e. The molecule has 3 heteroatoms. The van der Waals surface area contributed by atoms with Crippen LogP contribution in [0.1, 0.15) is 50.2 Å². The number of rotatable bonds is 4. The summed E-state index contributed by atoms with van der Waals surface area (Å²) >= 11 is 5.23. The lowest BCUT2D eigenvalue weighted by Gasteiger charge is -2.38. The van der Waals surface area contributed by atoms with Gasteiger partial charge in [0.05, 0.1) is 0 Å². The molecule has 0 bridgehead atoms. The number of aryl methyl sites for hydroxylation is 1. The normalized spacial score (nSPS) is 19.5. The van der Waals surface area contributed by atoms with Crippen LogP contribution in [0.25, 0.3) is 0 Å². The van der Waals surface area contributed by atoms with Crippen LogP contribution in [0.3, 0.4) is 0 Å². The Morgan fingerprint density at radius 3 is 2.89 bits per heavy atom. The summed E-state index contributed by atoms with van der Waals surface area (Å²) in [6.45, 7) is 5.48. The van der Waals surface area contributed by atoms with Gasteiger partial charge in [0.25, 0.3) is 0 Å². The van der Waals surface area contributed by atoms with E-state index in [-0.39, 0.29) is 0 Å². The maximum atomic E-state index is 5.91. The fraction of sp³-hybridized carbons (Fsp3) is 0.562.